The first kappa shape index (κ1) is 16.7. The molecule has 4 heteroatoms. The Morgan fingerprint density at radius 2 is 1.60 bits per heavy atom. The molecule has 126 valence electrons. The molecule has 1 heterocycles. The van der Waals surface area contributed by atoms with Crippen molar-refractivity contribution in [2.75, 3.05) is 6.54 Å². The van der Waals surface area contributed by atoms with E-state index in [1.807, 2.05) is 36.4 Å². The zero-order valence-electron chi connectivity index (χ0n) is 13.9. The van der Waals surface area contributed by atoms with Gasteiger partial charge in [-0.1, -0.05) is 48.5 Å². The number of nitrogens with zero attached hydrogens (tertiary/aromatic N) is 2. The van der Waals surface area contributed by atoms with Gasteiger partial charge in [-0.3, -0.25) is 9.78 Å². The Hall–Kier alpha value is -3.14. The van der Waals surface area contributed by atoms with E-state index in [1.54, 1.807) is 35.4 Å². The van der Waals surface area contributed by atoms with Crippen molar-refractivity contribution in [1.82, 2.24) is 9.88 Å². The second-order valence-electron chi connectivity index (χ2n) is 5.84. The third kappa shape index (κ3) is 4.67. The summed E-state index contributed by atoms with van der Waals surface area (Å²) < 4.78 is 0. The molecule has 0 aliphatic carbocycles. The number of phenolic OH excluding ortho intramolecular Hbond substituents is 1. The predicted molar refractivity (Wildman–Crippen MR) is 97.2 cm³/mol. The highest BCUT2D eigenvalue weighted by atomic mass is 16.3. The Kier molecular flexibility index (Phi) is 5.42. The second-order valence-corrected chi connectivity index (χ2v) is 5.84. The lowest BCUT2D eigenvalue weighted by Crippen LogP contribution is -2.33. The van der Waals surface area contributed by atoms with Crippen LogP contribution in [0, 0.1) is 0 Å². The van der Waals surface area contributed by atoms with E-state index in [-0.39, 0.29) is 11.7 Å². The van der Waals surface area contributed by atoms with Crippen LogP contribution in [0.25, 0.3) is 0 Å². The maximum Gasteiger partial charge on any atom is 0.272 e. The summed E-state index contributed by atoms with van der Waals surface area (Å²) in [5.41, 5.74) is 2.59. The lowest BCUT2D eigenvalue weighted by molar-refractivity contribution is 0.0739. The van der Waals surface area contributed by atoms with Gasteiger partial charge in [0.2, 0.25) is 0 Å². The zero-order chi connectivity index (χ0) is 17.5. The molecule has 2 aromatic carbocycles. The van der Waals surface area contributed by atoms with Crippen LogP contribution >= 0.6 is 0 Å². The Morgan fingerprint density at radius 3 is 2.28 bits per heavy atom. The molecule has 1 amide bonds. The Bertz CT molecular complexity index is 802. The van der Waals surface area contributed by atoms with Gasteiger partial charge in [-0.2, -0.15) is 0 Å². The van der Waals surface area contributed by atoms with Gasteiger partial charge in [-0.05, 0) is 41.8 Å². The molecule has 0 fully saturated rings. The van der Waals surface area contributed by atoms with Crippen LogP contribution in [0.4, 0.5) is 0 Å². The van der Waals surface area contributed by atoms with E-state index < -0.39 is 0 Å². The van der Waals surface area contributed by atoms with E-state index in [2.05, 4.69) is 17.1 Å². The standard InChI is InChI=1S/C21H20N2O2/c24-19-11-9-18(10-12-19)16-23(15-13-17-6-2-1-3-7-17)21(25)20-8-4-5-14-22-20/h1-12,14,24H,13,15-16H2. The fourth-order valence-corrected chi connectivity index (χ4v) is 2.63. The number of carbonyl (C=O) groups excluding carboxylic acids is 1. The number of amides is 1. The molecule has 0 saturated heterocycles. The van der Waals surface area contributed by atoms with E-state index in [0.29, 0.717) is 18.8 Å². The smallest absolute Gasteiger partial charge is 0.272 e. The van der Waals surface area contributed by atoms with Gasteiger partial charge in [0.05, 0.1) is 0 Å². The number of pyridine rings is 1. The summed E-state index contributed by atoms with van der Waals surface area (Å²) in [5, 5.41) is 9.44. The van der Waals surface area contributed by atoms with Crippen LogP contribution in [0.1, 0.15) is 21.6 Å². The molecule has 1 aromatic heterocycles. The molecule has 0 unspecified atom stereocenters. The number of carbonyl (C=O) groups is 1. The number of rotatable bonds is 6. The lowest BCUT2D eigenvalue weighted by atomic mass is 10.1. The highest BCUT2D eigenvalue weighted by molar-refractivity contribution is 5.92. The number of hydrogen-bond donors (Lipinski definition) is 1. The summed E-state index contributed by atoms with van der Waals surface area (Å²) in [6, 6.07) is 22.4. The van der Waals surface area contributed by atoms with E-state index in [4.69, 9.17) is 0 Å². The Balaban J connectivity index is 1.77. The average Bonchev–Trinajstić information content (AvgIpc) is 2.67. The molecule has 3 aromatic rings. The summed E-state index contributed by atoms with van der Waals surface area (Å²) in [7, 11) is 0. The van der Waals surface area contributed by atoms with Crippen LogP contribution in [-0.2, 0) is 13.0 Å². The van der Waals surface area contributed by atoms with Gasteiger partial charge in [0.25, 0.3) is 5.91 Å². The zero-order valence-corrected chi connectivity index (χ0v) is 13.9. The molecule has 25 heavy (non-hydrogen) atoms. The van der Waals surface area contributed by atoms with Crippen LogP contribution in [-0.4, -0.2) is 27.4 Å². The minimum atomic E-state index is -0.0930. The van der Waals surface area contributed by atoms with Crippen molar-refractivity contribution in [3.63, 3.8) is 0 Å². The molecule has 0 aliphatic heterocycles. The van der Waals surface area contributed by atoms with E-state index in [1.165, 1.54) is 5.56 Å². The molecule has 0 saturated carbocycles. The number of aromatic nitrogens is 1. The summed E-state index contributed by atoms with van der Waals surface area (Å²) in [6.45, 7) is 1.07. The highest BCUT2D eigenvalue weighted by Crippen LogP contribution is 2.14. The maximum atomic E-state index is 12.9. The van der Waals surface area contributed by atoms with E-state index in [9.17, 15) is 9.90 Å². The highest BCUT2D eigenvalue weighted by Gasteiger charge is 2.17. The summed E-state index contributed by atoms with van der Waals surface area (Å²) in [6.07, 6.45) is 2.40. The van der Waals surface area contributed by atoms with Crippen LogP contribution in [0.2, 0.25) is 0 Å². The Labute approximate surface area is 147 Å². The van der Waals surface area contributed by atoms with Crippen molar-refractivity contribution in [3.8, 4) is 5.75 Å². The van der Waals surface area contributed by atoms with Crippen LogP contribution < -0.4 is 0 Å². The molecular weight excluding hydrogens is 312 g/mol. The van der Waals surface area contributed by atoms with Gasteiger partial charge >= 0.3 is 0 Å². The maximum absolute atomic E-state index is 12.9. The van der Waals surface area contributed by atoms with Gasteiger partial charge in [-0.25, -0.2) is 0 Å². The van der Waals surface area contributed by atoms with Crippen LogP contribution in [0.5, 0.6) is 5.75 Å². The van der Waals surface area contributed by atoms with E-state index in [0.717, 1.165) is 12.0 Å². The molecule has 0 radical (unpaired) electrons. The third-order valence-corrected chi connectivity index (χ3v) is 3.99. The molecule has 1 N–H and O–H groups in total. The molecular formula is C21H20N2O2. The minimum absolute atomic E-state index is 0.0930. The molecule has 3 rings (SSSR count). The van der Waals surface area contributed by atoms with Crippen molar-refractivity contribution < 1.29 is 9.90 Å². The van der Waals surface area contributed by atoms with Crippen molar-refractivity contribution in [1.29, 1.82) is 0 Å². The Morgan fingerprint density at radius 1 is 0.880 bits per heavy atom. The number of phenols is 1. The van der Waals surface area contributed by atoms with Crippen molar-refractivity contribution in [3.05, 3.63) is 95.8 Å². The predicted octanol–water partition coefficient (Wildman–Crippen LogP) is 3.67. The largest absolute Gasteiger partial charge is 0.508 e. The van der Waals surface area contributed by atoms with Gasteiger partial charge in [0, 0.05) is 19.3 Å². The quantitative estimate of drug-likeness (QED) is 0.749. The third-order valence-electron chi connectivity index (χ3n) is 3.99. The first-order valence-electron chi connectivity index (χ1n) is 8.24. The monoisotopic (exact) mass is 332 g/mol. The van der Waals surface area contributed by atoms with Crippen LogP contribution in [0.3, 0.4) is 0 Å². The minimum Gasteiger partial charge on any atom is -0.508 e. The first-order chi connectivity index (χ1) is 12.2. The van der Waals surface area contributed by atoms with Crippen molar-refractivity contribution >= 4 is 5.91 Å². The average molecular weight is 332 g/mol. The van der Waals surface area contributed by atoms with Crippen LogP contribution in [0.15, 0.2) is 79.0 Å². The topological polar surface area (TPSA) is 53.4 Å². The number of hydrogen-bond acceptors (Lipinski definition) is 3. The fourth-order valence-electron chi connectivity index (χ4n) is 2.63. The van der Waals surface area contributed by atoms with E-state index >= 15 is 0 Å². The van der Waals surface area contributed by atoms with Gasteiger partial charge in [0.15, 0.2) is 0 Å². The number of aromatic hydroxyl groups is 1. The van der Waals surface area contributed by atoms with Crippen molar-refractivity contribution in [2.45, 2.75) is 13.0 Å². The number of benzene rings is 2. The second kappa shape index (κ2) is 8.11. The van der Waals surface area contributed by atoms with Crippen molar-refractivity contribution in [2.24, 2.45) is 0 Å². The molecule has 0 spiro atoms. The molecule has 0 atom stereocenters. The molecule has 0 bridgehead atoms. The SMILES string of the molecule is O=C(c1ccccn1)N(CCc1ccccc1)Cc1ccc(O)cc1. The molecule has 4 nitrogen and oxygen atoms in total. The molecule has 0 aliphatic rings. The summed E-state index contributed by atoms with van der Waals surface area (Å²) >= 11 is 0. The fraction of sp³-hybridized carbons (Fsp3) is 0.143. The van der Waals surface area contributed by atoms with Gasteiger partial charge < -0.3 is 10.0 Å². The normalized spacial score (nSPS) is 10.4. The van der Waals surface area contributed by atoms with Gasteiger partial charge in [0.1, 0.15) is 11.4 Å². The first-order valence-corrected chi connectivity index (χ1v) is 8.24. The van der Waals surface area contributed by atoms with Gasteiger partial charge in [-0.15, -0.1) is 0 Å². The summed E-state index contributed by atoms with van der Waals surface area (Å²) in [5.74, 6) is 0.125. The summed E-state index contributed by atoms with van der Waals surface area (Å²) in [4.78, 5) is 18.8. The lowest BCUT2D eigenvalue weighted by Gasteiger charge is -2.22.